The summed E-state index contributed by atoms with van der Waals surface area (Å²) in [6, 6.07) is 0.667. The summed E-state index contributed by atoms with van der Waals surface area (Å²) in [4.78, 5) is 8.06. The van der Waals surface area contributed by atoms with Crippen LogP contribution in [0.5, 0.6) is 0 Å². The van der Waals surface area contributed by atoms with Gasteiger partial charge in [-0.05, 0) is 51.1 Å². The second kappa shape index (κ2) is 6.30. The fraction of sp³-hybridized carbons (Fsp3) is 0.733. The topological polar surface area (TPSA) is 37.8 Å². The number of aromatic nitrogens is 2. The maximum Gasteiger partial charge on any atom is 0.396 e. The number of rotatable bonds is 6. The van der Waals surface area contributed by atoms with Gasteiger partial charge in [-0.1, -0.05) is 6.92 Å². The van der Waals surface area contributed by atoms with Crippen molar-refractivity contribution < 1.29 is 13.2 Å². The minimum atomic E-state index is -4.26. The Labute approximate surface area is 123 Å². The lowest BCUT2D eigenvalue weighted by molar-refractivity contribution is -0.128. The summed E-state index contributed by atoms with van der Waals surface area (Å²) < 4.78 is 37.2. The van der Waals surface area contributed by atoms with E-state index in [2.05, 4.69) is 22.2 Å². The summed E-state index contributed by atoms with van der Waals surface area (Å²) in [5, 5.41) is 3.47. The maximum absolute atomic E-state index is 12.4. The number of halogens is 3. The Bertz CT molecular complexity index is 472. The van der Waals surface area contributed by atoms with E-state index in [1.807, 2.05) is 0 Å². The van der Waals surface area contributed by atoms with Gasteiger partial charge >= 0.3 is 6.18 Å². The third-order valence-electron chi connectivity index (χ3n) is 3.71. The van der Waals surface area contributed by atoms with Crippen molar-refractivity contribution in [2.75, 3.05) is 6.54 Å². The van der Waals surface area contributed by atoms with Crippen molar-refractivity contribution in [3.05, 3.63) is 22.8 Å². The van der Waals surface area contributed by atoms with Gasteiger partial charge in [-0.3, -0.25) is 0 Å². The molecule has 0 saturated heterocycles. The van der Waals surface area contributed by atoms with Gasteiger partial charge in [0.1, 0.15) is 12.2 Å². The smallest absolute Gasteiger partial charge is 0.314 e. The normalized spacial score (nSPS) is 17.0. The van der Waals surface area contributed by atoms with Crippen LogP contribution in [0.4, 0.5) is 13.2 Å². The molecule has 0 spiro atoms. The predicted molar refractivity (Wildman–Crippen MR) is 75.2 cm³/mol. The van der Waals surface area contributed by atoms with Crippen molar-refractivity contribution in [2.45, 2.75) is 58.7 Å². The van der Waals surface area contributed by atoms with Gasteiger partial charge in [-0.25, -0.2) is 9.97 Å². The van der Waals surface area contributed by atoms with Gasteiger partial charge in [0.05, 0.1) is 0 Å². The molecule has 0 bridgehead atoms. The van der Waals surface area contributed by atoms with E-state index in [9.17, 15) is 13.2 Å². The lowest BCUT2D eigenvalue weighted by Gasteiger charge is -2.16. The van der Waals surface area contributed by atoms with Crippen molar-refractivity contribution >= 4 is 0 Å². The molecular weight excluding hydrogens is 279 g/mol. The zero-order chi connectivity index (χ0) is 15.6. The van der Waals surface area contributed by atoms with Crippen LogP contribution < -0.4 is 5.32 Å². The average molecular weight is 301 g/mol. The summed E-state index contributed by atoms with van der Waals surface area (Å²) in [7, 11) is 0. The standard InChI is InChI=1S/C15H22F3N3/c1-9(8-19-12-4-5-12)6-13-10(2)20-14(21-11(13)3)7-15(16,17)18/h9,12,19H,4-8H2,1-3H3. The summed E-state index contributed by atoms with van der Waals surface area (Å²) in [6.07, 6.45) is -2.03. The second-order valence-corrected chi connectivity index (χ2v) is 6.07. The molecule has 1 aromatic heterocycles. The van der Waals surface area contributed by atoms with Crippen LogP contribution in [0.2, 0.25) is 0 Å². The Kier molecular flexibility index (Phi) is 4.86. The zero-order valence-electron chi connectivity index (χ0n) is 12.7. The first kappa shape index (κ1) is 16.2. The van der Waals surface area contributed by atoms with Crippen LogP contribution >= 0.6 is 0 Å². The third kappa shape index (κ3) is 5.26. The Morgan fingerprint density at radius 2 is 1.76 bits per heavy atom. The highest BCUT2D eigenvalue weighted by Gasteiger charge is 2.30. The molecule has 0 amide bonds. The van der Waals surface area contributed by atoms with Crippen LogP contribution in [-0.4, -0.2) is 28.7 Å². The van der Waals surface area contributed by atoms with Gasteiger partial charge in [0, 0.05) is 17.4 Å². The molecule has 1 aromatic rings. The molecule has 3 nitrogen and oxygen atoms in total. The number of hydrogen-bond acceptors (Lipinski definition) is 3. The highest BCUT2D eigenvalue weighted by atomic mass is 19.4. The van der Waals surface area contributed by atoms with Crippen molar-refractivity contribution in [2.24, 2.45) is 5.92 Å². The molecule has 0 radical (unpaired) electrons. The SMILES string of the molecule is Cc1nc(CC(F)(F)F)nc(C)c1CC(C)CNC1CC1. The lowest BCUT2D eigenvalue weighted by Crippen LogP contribution is -2.25. The first-order valence-corrected chi connectivity index (χ1v) is 7.37. The van der Waals surface area contributed by atoms with Crippen molar-refractivity contribution in [1.82, 2.24) is 15.3 Å². The molecular formula is C15H22F3N3. The molecule has 2 rings (SSSR count). The Hall–Kier alpha value is -1.17. The van der Waals surface area contributed by atoms with E-state index in [1.54, 1.807) is 13.8 Å². The number of aryl methyl sites for hydroxylation is 2. The molecule has 1 fully saturated rings. The summed E-state index contributed by atoms with van der Waals surface area (Å²) in [5.74, 6) is 0.282. The largest absolute Gasteiger partial charge is 0.396 e. The van der Waals surface area contributed by atoms with E-state index in [1.165, 1.54) is 12.8 Å². The molecule has 1 N–H and O–H groups in total. The molecule has 21 heavy (non-hydrogen) atoms. The van der Waals surface area contributed by atoms with Crippen LogP contribution in [-0.2, 0) is 12.8 Å². The van der Waals surface area contributed by atoms with Gasteiger partial charge in [0.25, 0.3) is 0 Å². The molecule has 1 heterocycles. The first-order chi connectivity index (χ1) is 9.74. The second-order valence-electron chi connectivity index (χ2n) is 6.07. The lowest BCUT2D eigenvalue weighted by atomic mass is 9.98. The van der Waals surface area contributed by atoms with Crippen LogP contribution in [0, 0.1) is 19.8 Å². The number of alkyl halides is 3. The number of nitrogens with zero attached hydrogens (tertiary/aromatic N) is 2. The molecule has 1 unspecified atom stereocenters. The minimum absolute atomic E-state index is 0.134. The van der Waals surface area contributed by atoms with E-state index in [0.29, 0.717) is 23.3 Å². The van der Waals surface area contributed by atoms with E-state index in [-0.39, 0.29) is 5.82 Å². The molecule has 0 aromatic carbocycles. The quantitative estimate of drug-likeness (QED) is 0.877. The van der Waals surface area contributed by atoms with Gasteiger partial charge in [0.15, 0.2) is 0 Å². The number of hydrogen-bond donors (Lipinski definition) is 1. The summed E-state index contributed by atoms with van der Waals surface area (Å²) in [6.45, 7) is 6.60. The van der Waals surface area contributed by atoms with Crippen LogP contribution in [0.3, 0.4) is 0 Å². The van der Waals surface area contributed by atoms with Crippen molar-refractivity contribution in [1.29, 1.82) is 0 Å². The zero-order valence-corrected chi connectivity index (χ0v) is 12.7. The average Bonchev–Trinajstić information content (AvgIpc) is 3.13. The Morgan fingerprint density at radius 1 is 1.19 bits per heavy atom. The van der Waals surface area contributed by atoms with E-state index < -0.39 is 12.6 Å². The third-order valence-corrected chi connectivity index (χ3v) is 3.71. The first-order valence-electron chi connectivity index (χ1n) is 7.37. The van der Waals surface area contributed by atoms with E-state index in [4.69, 9.17) is 0 Å². The monoisotopic (exact) mass is 301 g/mol. The summed E-state index contributed by atoms with van der Waals surface area (Å²) >= 11 is 0. The fourth-order valence-corrected chi connectivity index (χ4v) is 2.44. The molecule has 6 heteroatoms. The molecule has 1 saturated carbocycles. The van der Waals surface area contributed by atoms with E-state index >= 15 is 0 Å². The maximum atomic E-state index is 12.4. The minimum Gasteiger partial charge on any atom is -0.314 e. The molecule has 118 valence electrons. The van der Waals surface area contributed by atoms with Crippen LogP contribution in [0.15, 0.2) is 0 Å². The molecule has 1 atom stereocenters. The molecule has 1 aliphatic carbocycles. The van der Waals surface area contributed by atoms with Crippen LogP contribution in [0.25, 0.3) is 0 Å². The van der Waals surface area contributed by atoms with E-state index in [0.717, 1.165) is 18.5 Å². The highest BCUT2D eigenvalue weighted by molar-refractivity contribution is 5.25. The van der Waals surface area contributed by atoms with Gasteiger partial charge in [0.2, 0.25) is 0 Å². The summed E-state index contributed by atoms with van der Waals surface area (Å²) in [5.41, 5.74) is 2.31. The highest BCUT2D eigenvalue weighted by Crippen LogP contribution is 2.22. The van der Waals surface area contributed by atoms with Crippen molar-refractivity contribution in [3.8, 4) is 0 Å². The number of nitrogens with one attached hydrogen (secondary N) is 1. The molecule has 1 aliphatic rings. The Balaban J connectivity index is 2.01. The van der Waals surface area contributed by atoms with Crippen molar-refractivity contribution in [3.63, 3.8) is 0 Å². The molecule has 0 aliphatic heterocycles. The fourth-order valence-electron chi connectivity index (χ4n) is 2.44. The van der Waals surface area contributed by atoms with Gasteiger partial charge in [-0.2, -0.15) is 13.2 Å². The predicted octanol–water partition coefficient (Wildman–Crippen LogP) is 3.13. The van der Waals surface area contributed by atoms with Crippen LogP contribution in [0.1, 0.15) is 42.5 Å². The van der Waals surface area contributed by atoms with Gasteiger partial charge in [-0.15, -0.1) is 0 Å². The van der Waals surface area contributed by atoms with Gasteiger partial charge < -0.3 is 5.32 Å². The Morgan fingerprint density at radius 3 is 2.24 bits per heavy atom.